The Morgan fingerprint density at radius 3 is 2.68 bits per heavy atom. The van der Waals surface area contributed by atoms with Crippen LogP contribution in [0.15, 0.2) is 66.1 Å². The third-order valence-electron chi connectivity index (χ3n) is 4.60. The molecular weight excluding hydrogens is 459 g/mol. The van der Waals surface area contributed by atoms with Gasteiger partial charge in [0.2, 0.25) is 0 Å². The molecule has 3 N–H and O–H groups in total. The molecule has 7 nitrogen and oxygen atoms in total. The summed E-state index contributed by atoms with van der Waals surface area (Å²) in [5, 5.41) is 0.687. The first-order chi connectivity index (χ1) is 14.4. The van der Waals surface area contributed by atoms with Crippen molar-refractivity contribution in [3.05, 3.63) is 77.2 Å². The Morgan fingerprint density at radius 1 is 1.23 bits per heavy atom. The van der Waals surface area contributed by atoms with Crippen LogP contribution in [0.4, 0.5) is 0 Å². The van der Waals surface area contributed by atoms with Crippen molar-refractivity contribution in [1.29, 1.82) is 0 Å². The van der Waals surface area contributed by atoms with Crippen LogP contribution in [0.3, 0.4) is 0 Å². The molecule has 1 unspecified atom stereocenters. The first-order valence-corrected chi connectivity index (χ1v) is 11.4. The number of sulfonamides is 1. The highest BCUT2D eigenvalue weighted by Gasteiger charge is 2.16. The van der Waals surface area contributed by atoms with E-state index < -0.39 is 10.0 Å². The molecule has 0 saturated carbocycles. The molecule has 0 aliphatic rings. The highest BCUT2D eigenvalue weighted by molar-refractivity contribution is 7.89. The summed E-state index contributed by atoms with van der Waals surface area (Å²) in [6.45, 7) is 0.808. The maximum atomic E-state index is 12.2. The lowest BCUT2D eigenvalue weighted by Crippen LogP contribution is -2.28. The molecule has 0 fully saturated rings. The highest BCUT2D eigenvalue weighted by Crippen LogP contribution is 2.25. The van der Waals surface area contributed by atoms with Gasteiger partial charge in [0.15, 0.2) is 5.03 Å². The third-order valence-corrected chi connectivity index (χ3v) is 6.19. The number of aryl methyl sites for hydroxylation is 1. The highest BCUT2D eigenvalue weighted by atomic mass is 35.5. The summed E-state index contributed by atoms with van der Waals surface area (Å²) in [5.74, 6) is 0.781. The zero-order valence-electron chi connectivity index (χ0n) is 17.1. The van der Waals surface area contributed by atoms with Crippen LogP contribution in [0, 0.1) is 0 Å². The molecule has 0 bridgehead atoms. The first kappa shape index (κ1) is 25.2. The van der Waals surface area contributed by atoms with E-state index in [2.05, 4.69) is 9.71 Å². The molecule has 0 saturated heterocycles. The molecule has 2 aromatic carbocycles. The number of halogens is 2. The van der Waals surface area contributed by atoms with E-state index >= 15 is 0 Å². The minimum absolute atomic E-state index is 0. The summed E-state index contributed by atoms with van der Waals surface area (Å²) < 4.78 is 34.1. The normalized spacial score (nSPS) is 12.2. The predicted molar refractivity (Wildman–Crippen MR) is 125 cm³/mol. The zero-order valence-corrected chi connectivity index (χ0v) is 19.5. The quantitative estimate of drug-likeness (QED) is 0.430. The molecule has 0 aliphatic carbocycles. The van der Waals surface area contributed by atoms with Gasteiger partial charge in [-0.05, 0) is 48.4 Å². The van der Waals surface area contributed by atoms with Gasteiger partial charge in [0, 0.05) is 30.7 Å². The van der Waals surface area contributed by atoms with E-state index in [9.17, 15) is 8.42 Å². The van der Waals surface area contributed by atoms with E-state index in [0.717, 1.165) is 17.5 Å². The number of imidazole rings is 1. The molecule has 0 amide bonds. The summed E-state index contributed by atoms with van der Waals surface area (Å²) in [6.07, 6.45) is 3.65. The van der Waals surface area contributed by atoms with Crippen molar-refractivity contribution >= 4 is 34.0 Å². The number of benzene rings is 2. The van der Waals surface area contributed by atoms with Gasteiger partial charge in [-0.1, -0.05) is 35.9 Å². The Labute approximate surface area is 194 Å². The molecule has 0 radical (unpaired) electrons. The molecule has 31 heavy (non-hydrogen) atoms. The van der Waals surface area contributed by atoms with Crippen LogP contribution in [0.5, 0.6) is 5.75 Å². The fourth-order valence-corrected chi connectivity index (χ4v) is 4.29. The van der Waals surface area contributed by atoms with Crippen molar-refractivity contribution in [2.45, 2.75) is 17.4 Å². The monoisotopic (exact) mass is 484 g/mol. The van der Waals surface area contributed by atoms with E-state index in [1.807, 2.05) is 48.5 Å². The number of nitrogens with zero attached hydrogens (tertiary/aromatic N) is 2. The summed E-state index contributed by atoms with van der Waals surface area (Å²) in [5.41, 5.74) is 8.19. The van der Waals surface area contributed by atoms with E-state index in [-0.39, 0.29) is 36.5 Å². The number of hydrogen-bond donors (Lipinski definition) is 2. The molecule has 168 valence electrons. The first-order valence-electron chi connectivity index (χ1n) is 9.52. The second-order valence-electron chi connectivity index (χ2n) is 6.96. The van der Waals surface area contributed by atoms with Gasteiger partial charge in [-0.25, -0.2) is 18.1 Å². The van der Waals surface area contributed by atoms with Gasteiger partial charge in [-0.15, -0.1) is 12.4 Å². The second-order valence-corrected chi connectivity index (χ2v) is 9.11. The SMILES string of the molecule is Cl.Cn1cnc(S(=O)(=O)NCCOc2cccc(C(CN)Cc3cccc(Cl)c3)c2)c1. The van der Waals surface area contributed by atoms with Crippen molar-refractivity contribution in [3.8, 4) is 5.75 Å². The van der Waals surface area contributed by atoms with Crippen molar-refractivity contribution in [2.75, 3.05) is 19.7 Å². The zero-order chi connectivity index (χ0) is 21.6. The second kappa shape index (κ2) is 11.5. The van der Waals surface area contributed by atoms with Gasteiger partial charge >= 0.3 is 0 Å². The topological polar surface area (TPSA) is 99.2 Å². The molecule has 1 aromatic heterocycles. The molecule has 1 atom stereocenters. The molecule has 3 aromatic rings. The predicted octanol–water partition coefficient (Wildman–Crippen LogP) is 3.14. The molecule has 10 heteroatoms. The van der Waals surface area contributed by atoms with Crippen molar-refractivity contribution in [3.63, 3.8) is 0 Å². The van der Waals surface area contributed by atoms with E-state index in [4.69, 9.17) is 22.1 Å². The summed E-state index contributed by atoms with van der Waals surface area (Å²) in [6, 6.07) is 15.4. The van der Waals surface area contributed by atoms with Crippen LogP contribution < -0.4 is 15.2 Å². The maximum absolute atomic E-state index is 12.2. The van der Waals surface area contributed by atoms with Crippen molar-refractivity contribution in [2.24, 2.45) is 12.8 Å². The van der Waals surface area contributed by atoms with Crippen LogP contribution in [0.1, 0.15) is 17.0 Å². The largest absolute Gasteiger partial charge is 0.492 e. The summed E-state index contributed by atoms with van der Waals surface area (Å²) in [7, 11) is -1.94. The molecule has 0 spiro atoms. The average Bonchev–Trinajstić information content (AvgIpc) is 3.17. The lowest BCUT2D eigenvalue weighted by molar-refractivity contribution is 0.322. The molecule has 3 rings (SSSR count). The van der Waals surface area contributed by atoms with Crippen LogP contribution in [-0.2, 0) is 23.5 Å². The smallest absolute Gasteiger partial charge is 0.259 e. The Balaban J connectivity index is 0.00000341. The number of hydrogen-bond acceptors (Lipinski definition) is 5. The van der Waals surface area contributed by atoms with Gasteiger partial charge in [-0.2, -0.15) is 0 Å². The lowest BCUT2D eigenvalue weighted by atomic mass is 9.92. The third kappa shape index (κ3) is 7.22. The Morgan fingerprint density at radius 2 is 2.00 bits per heavy atom. The lowest BCUT2D eigenvalue weighted by Gasteiger charge is -2.17. The Bertz CT molecular complexity index is 1090. The van der Waals surface area contributed by atoms with Gasteiger partial charge in [0.1, 0.15) is 12.4 Å². The van der Waals surface area contributed by atoms with E-state index in [1.165, 1.54) is 12.5 Å². The Hall–Kier alpha value is -2.10. The van der Waals surface area contributed by atoms with Gasteiger partial charge in [-0.3, -0.25) is 0 Å². The number of ether oxygens (including phenoxy) is 1. The maximum Gasteiger partial charge on any atom is 0.259 e. The number of nitrogens with one attached hydrogen (secondary N) is 1. The molecule has 1 heterocycles. The van der Waals surface area contributed by atoms with Gasteiger partial charge < -0.3 is 15.0 Å². The Kier molecular flexibility index (Phi) is 9.33. The van der Waals surface area contributed by atoms with Crippen LogP contribution in [0.2, 0.25) is 5.02 Å². The summed E-state index contributed by atoms with van der Waals surface area (Å²) >= 11 is 6.08. The fourth-order valence-electron chi connectivity index (χ4n) is 3.09. The number of aromatic nitrogens is 2. The molecule has 0 aliphatic heterocycles. The fraction of sp³-hybridized carbons (Fsp3) is 0.286. The van der Waals surface area contributed by atoms with Crippen LogP contribution >= 0.6 is 24.0 Å². The molecular formula is C21H26Cl2N4O3S. The minimum Gasteiger partial charge on any atom is -0.492 e. The standard InChI is InChI=1S/C21H25ClN4O3S.ClH/c1-26-14-21(24-15-26)30(27,28)25-8-9-29-20-7-3-5-17(12-20)18(13-23)10-16-4-2-6-19(22)11-16;/h2-7,11-12,14-15,18,25H,8-10,13,23H2,1H3;1H. The average molecular weight is 485 g/mol. The van der Waals surface area contributed by atoms with Crippen LogP contribution in [0.25, 0.3) is 0 Å². The van der Waals surface area contributed by atoms with Crippen molar-refractivity contribution < 1.29 is 13.2 Å². The number of rotatable bonds is 10. The number of nitrogens with two attached hydrogens (primary N) is 1. The van der Waals surface area contributed by atoms with E-state index in [1.54, 1.807) is 11.6 Å². The minimum atomic E-state index is -3.65. The van der Waals surface area contributed by atoms with Crippen LogP contribution in [-0.4, -0.2) is 37.7 Å². The van der Waals surface area contributed by atoms with Crippen molar-refractivity contribution in [1.82, 2.24) is 14.3 Å². The van der Waals surface area contributed by atoms with E-state index in [0.29, 0.717) is 17.3 Å². The summed E-state index contributed by atoms with van der Waals surface area (Å²) in [4.78, 5) is 3.86. The van der Waals surface area contributed by atoms with Gasteiger partial charge in [0.25, 0.3) is 10.0 Å². The van der Waals surface area contributed by atoms with Gasteiger partial charge in [0.05, 0.1) is 6.33 Å².